The fraction of sp³-hybridized carbons (Fsp3) is 0.588. The Labute approximate surface area is 152 Å². The van der Waals surface area contributed by atoms with Gasteiger partial charge in [-0.3, -0.25) is 9.69 Å². The minimum Gasteiger partial charge on any atom is -0.328 e. The fourth-order valence-electron chi connectivity index (χ4n) is 2.71. The topological polar surface area (TPSA) is 58.4 Å². The molecule has 1 aliphatic heterocycles. The van der Waals surface area contributed by atoms with E-state index in [1.807, 2.05) is 19.1 Å². The number of hydrogen-bond donors (Lipinski definition) is 2. The number of anilines is 1. The van der Waals surface area contributed by atoms with Gasteiger partial charge in [0.1, 0.15) is 0 Å². The number of carbonyl (C=O) groups excluding carboxylic acids is 1. The van der Waals surface area contributed by atoms with E-state index in [1.165, 1.54) is 37.9 Å². The van der Waals surface area contributed by atoms with Crippen LogP contribution in [-0.4, -0.2) is 29.9 Å². The number of hydrogen-bond acceptors (Lipinski definition) is 3. The number of benzene rings is 1. The summed E-state index contributed by atoms with van der Waals surface area (Å²) in [7, 11) is 0. The molecule has 3 N–H and O–H groups in total. The van der Waals surface area contributed by atoms with Gasteiger partial charge >= 0.3 is 0 Å². The van der Waals surface area contributed by atoms with E-state index in [1.54, 1.807) is 0 Å². The molecular weight excluding hydrogens is 333 g/mol. The van der Waals surface area contributed by atoms with Crippen LogP contribution in [0.15, 0.2) is 24.3 Å². The van der Waals surface area contributed by atoms with Crippen LogP contribution in [0.4, 0.5) is 5.69 Å². The quantitative estimate of drug-likeness (QED) is 0.813. The van der Waals surface area contributed by atoms with Crippen LogP contribution < -0.4 is 11.1 Å². The van der Waals surface area contributed by atoms with Crippen molar-refractivity contribution >= 4 is 36.4 Å². The Hall–Kier alpha value is -0.810. The van der Waals surface area contributed by atoms with Gasteiger partial charge in [-0.2, -0.15) is 0 Å². The number of piperidine rings is 1. The molecule has 1 unspecified atom stereocenters. The van der Waals surface area contributed by atoms with Crippen molar-refractivity contribution in [1.29, 1.82) is 0 Å². The van der Waals surface area contributed by atoms with Crippen LogP contribution in [0.3, 0.4) is 0 Å². The summed E-state index contributed by atoms with van der Waals surface area (Å²) >= 11 is 0. The summed E-state index contributed by atoms with van der Waals surface area (Å²) in [4.78, 5) is 14.3. The first-order valence-corrected chi connectivity index (χ1v) is 8.00. The number of rotatable bonds is 6. The molecule has 1 amide bonds. The summed E-state index contributed by atoms with van der Waals surface area (Å²) in [5, 5.41) is 2.96. The largest absolute Gasteiger partial charge is 0.328 e. The molecule has 0 aromatic heterocycles. The number of nitrogens with one attached hydrogen (secondary N) is 1. The molecule has 0 spiro atoms. The van der Waals surface area contributed by atoms with Crippen LogP contribution in [-0.2, 0) is 11.3 Å². The Bertz CT molecular complexity index is 463. The fourth-order valence-corrected chi connectivity index (χ4v) is 2.71. The predicted molar refractivity (Wildman–Crippen MR) is 102 cm³/mol. The molecule has 23 heavy (non-hydrogen) atoms. The molecule has 2 rings (SSSR count). The highest BCUT2D eigenvalue weighted by atomic mass is 35.5. The van der Waals surface area contributed by atoms with Gasteiger partial charge in [0.25, 0.3) is 0 Å². The third-order valence-corrected chi connectivity index (χ3v) is 3.89. The van der Waals surface area contributed by atoms with Gasteiger partial charge < -0.3 is 11.1 Å². The smallest absolute Gasteiger partial charge is 0.224 e. The Morgan fingerprint density at radius 2 is 1.96 bits per heavy atom. The van der Waals surface area contributed by atoms with E-state index in [0.717, 1.165) is 18.7 Å². The summed E-state index contributed by atoms with van der Waals surface area (Å²) in [5.41, 5.74) is 7.83. The first kappa shape index (κ1) is 22.2. The van der Waals surface area contributed by atoms with E-state index < -0.39 is 0 Å². The molecule has 1 atom stereocenters. The van der Waals surface area contributed by atoms with Crippen molar-refractivity contribution in [3.8, 4) is 0 Å². The maximum absolute atomic E-state index is 11.8. The van der Waals surface area contributed by atoms with Crippen molar-refractivity contribution in [3.05, 3.63) is 29.8 Å². The molecule has 1 aromatic rings. The first-order chi connectivity index (χ1) is 10.1. The summed E-state index contributed by atoms with van der Waals surface area (Å²) in [6, 6.07) is 8.25. The van der Waals surface area contributed by atoms with Crippen molar-refractivity contribution in [3.63, 3.8) is 0 Å². The Morgan fingerprint density at radius 1 is 1.26 bits per heavy atom. The highest BCUT2D eigenvalue weighted by Gasteiger charge is 2.11. The zero-order chi connectivity index (χ0) is 15.1. The van der Waals surface area contributed by atoms with Crippen molar-refractivity contribution in [2.45, 2.75) is 51.6 Å². The summed E-state index contributed by atoms with van der Waals surface area (Å²) in [6.45, 7) is 5.27. The standard InChI is InChI=1S/C17H27N3O.2ClH/c1-14(18)8-9-17(21)19-16-7-5-6-15(12-16)13-20-10-3-2-4-11-20;;/h5-7,12,14H,2-4,8-11,13,18H2,1H3,(H,19,21);2*1H. The zero-order valence-corrected chi connectivity index (χ0v) is 15.4. The van der Waals surface area contributed by atoms with Crippen molar-refractivity contribution in [2.24, 2.45) is 5.73 Å². The predicted octanol–water partition coefficient (Wildman–Crippen LogP) is 3.58. The van der Waals surface area contributed by atoms with E-state index in [9.17, 15) is 4.79 Å². The maximum atomic E-state index is 11.8. The van der Waals surface area contributed by atoms with Crippen LogP contribution in [0.25, 0.3) is 0 Å². The molecule has 1 saturated heterocycles. The SMILES string of the molecule is CC(N)CCC(=O)Nc1cccc(CN2CCCCC2)c1.Cl.Cl. The molecule has 6 heteroatoms. The second kappa shape index (κ2) is 11.7. The molecule has 1 aromatic carbocycles. The number of halogens is 2. The zero-order valence-electron chi connectivity index (χ0n) is 13.8. The normalized spacial score (nSPS) is 15.9. The summed E-state index contributed by atoms with van der Waals surface area (Å²) < 4.78 is 0. The third kappa shape index (κ3) is 8.56. The van der Waals surface area contributed by atoms with Crippen molar-refractivity contribution in [2.75, 3.05) is 18.4 Å². The van der Waals surface area contributed by atoms with Gasteiger partial charge in [-0.15, -0.1) is 24.8 Å². The maximum Gasteiger partial charge on any atom is 0.224 e. The molecule has 0 radical (unpaired) electrons. The van der Waals surface area contributed by atoms with Gasteiger partial charge in [0.2, 0.25) is 5.91 Å². The summed E-state index contributed by atoms with van der Waals surface area (Å²) in [6.07, 6.45) is 5.15. The van der Waals surface area contributed by atoms with E-state index in [4.69, 9.17) is 5.73 Å². The number of amides is 1. The molecular formula is C17H29Cl2N3O. The number of nitrogens with two attached hydrogens (primary N) is 1. The Kier molecular flexibility index (Phi) is 11.3. The lowest BCUT2D eigenvalue weighted by atomic mass is 10.1. The lowest BCUT2D eigenvalue weighted by Gasteiger charge is -2.26. The number of carbonyl (C=O) groups is 1. The number of likely N-dealkylation sites (tertiary alicyclic amines) is 1. The van der Waals surface area contributed by atoms with Gasteiger partial charge in [0.15, 0.2) is 0 Å². The van der Waals surface area contributed by atoms with Gasteiger partial charge in [0, 0.05) is 24.7 Å². The van der Waals surface area contributed by atoms with E-state index in [0.29, 0.717) is 6.42 Å². The van der Waals surface area contributed by atoms with Gasteiger partial charge in [0.05, 0.1) is 0 Å². The lowest BCUT2D eigenvalue weighted by molar-refractivity contribution is -0.116. The second-order valence-electron chi connectivity index (χ2n) is 6.10. The lowest BCUT2D eigenvalue weighted by Crippen LogP contribution is -2.29. The van der Waals surface area contributed by atoms with Gasteiger partial charge in [-0.25, -0.2) is 0 Å². The average molecular weight is 362 g/mol. The molecule has 132 valence electrons. The van der Waals surface area contributed by atoms with Crippen LogP contribution >= 0.6 is 24.8 Å². The molecule has 0 saturated carbocycles. The third-order valence-electron chi connectivity index (χ3n) is 3.89. The second-order valence-corrected chi connectivity index (χ2v) is 6.10. The molecule has 4 nitrogen and oxygen atoms in total. The highest BCUT2D eigenvalue weighted by Crippen LogP contribution is 2.16. The molecule has 0 aliphatic carbocycles. The van der Waals surface area contributed by atoms with Crippen LogP contribution in [0.5, 0.6) is 0 Å². The van der Waals surface area contributed by atoms with E-state index in [2.05, 4.69) is 22.3 Å². The average Bonchev–Trinajstić information content (AvgIpc) is 2.46. The van der Waals surface area contributed by atoms with Crippen LogP contribution in [0.1, 0.15) is 44.6 Å². The van der Waals surface area contributed by atoms with Crippen LogP contribution in [0.2, 0.25) is 0 Å². The molecule has 1 fully saturated rings. The van der Waals surface area contributed by atoms with E-state index in [-0.39, 0.29) is 36.8 Å². The van der Waals surface area contributed by atoms with Crippen molar-refractivity contribution in [1.82, 2.24) is 4.90 Å². The Balaban J connectivity index is 0.00000242. The minimum atomic E-state index is 0. The molecule has 0 bridgehead atoms. The molecule has 1 aliphatic rings. The monoisotopic (exact) mass is 361 g/mol. The minimum absolute atomic E-state index is 0. The van der Waals surface area contributed by atoms with E-state index >= 15 is 0 Å². The number of nitrogens with zero attached hydrogens (tertiary/aromatic N) is 1. The summed E-state index contributed by atoms with van der Waals surface area (Å²) in [5.74, 6) is 0.0439. The van der Waals surface area contributed by atoms with Gasteiger partial charge in [-0.05, 0) is 57.0 Å². The van der Waals surface area contributed by atoms with Crippen molar-refractivity contribution < 1.29 is 4.79 Å². The first-order valence-electron chi connectivity index (χ1n) is 8.00. The Morgan fingerprint density at radius 3 is 2.61 bits per heavy atom. The highest BCUT2D eigenvalue weighted by molar-refractivity contribution is 5.90. The molecule has 1 heterocycles. The van der Waals surface area contributed by atoms with Gasteiger partial charge in [-0.1, -0.05) is 18.6 Å². The van der Waals surface area contributed by atoms with Crippen LogP contribution in [0, 0.1) is 0 Å².